The van der Waals surface area contributed by atoms with Gasteiger partial charge in [-0.3, -0.25) is 9.89 Å². The lowest BCUT2D eigenvalue weighted by atomic mass is 9.94. The molecule has 1 aliphatic rings. The quantitative estimate of drug-likeness (QED) is 0.444. The van der Waals surface area contributed by atoms with Crippen molar-refractivity contribution in [2.45, 2.75) is 39.3 Å². The first-order valence-corrected chi connectivity index (χ1v) is 11.0. The number of aryl methyl sites for hydroxylation is 1. The summed E-state index contributed by atoms with van der Waals surface area (Å²) in [5.74, 6) is 0.261. The number of hydrogen-bond donors (Lipinski definition) is 3. The number of H-pyrrole nitrogens is 1. The number of aromatic nitrogens is 2. The summed E-state index contributed by atoms with van der Waals surface area (Å²) in [5.41, 5.74) is 3.91. The van der Waals surface area contributed by atoms with Crippen LogP contribution in [0.1, 0.15) is 53.5 Å². The summed E-state index contributed by atoms with van der Waals surface area (Å²) in [4.78, 5) is 15.2. The fourth-order valence-corrected chi connectivity index (χ4v) is 4.24. The highest BCUT2D eigenvalue weighted by Crippen LogP contribution is 2.45. The van der Waals surface area contributed by atoms with Gasteiger partial charge in [0.25, 0.3) is 5.91 Å². The number of ether oxygens (including phenoxy) is 2. The Labute approximate surface area is 192 Å². The molecule has 3 N–H and O–H groups in total. The molecule has 1 aromatic heterocycles. The van der Waals surface area contributed by atoms with Crippen LogP contribution in [-0.4, -0.2) is 57.6 Å². The molecule has 33 heavy (non-hydrogen) atoms. The third kappa shape index (κ3) is 4.26. The Hall–Kier alpha value is -3.52. The number of aromatic amines is 1. The highest BCUT2D eigenvalue weighted by Gasteiger charge is 2.42. The number of aromatic hydroxyl groups is 2. The predicted molar refractivity (Wildman–Crippen MR) is 124 cm³/mol. The average molecular weight is 452 g/mol. The minimum Gasteiger partial charge on any atom is -0.507 e. The normalized spacial score (nSPS) is 15.4. The van der Waals surface area contributed by atoms with Crippen LogP contribution in [0.5, 0.6) is 17.2 Å². The van der Waals surface area contributed by atoms with Gasteiger partial charge in [-0.25, -0.2) is 0 Å². The molecule has 0 fully saturated rings. The largest absolute Gasteiger partial charge is 0.507 e. The monoisotopic (exact) mass is 451 g/mol. The van der Waals surface area contributed by atoms with Crippen LogP contribution in [0.15, 0.2) is 36.4 Å². The van der Waals surface area contributed by atoms with Gasteiger partial charge in [0, 0.05) is 24.3 Å². The van der Waals surface area contributed by atoms with Gasteiger partial charge in [-0.1, -0.05) is 17.7 Å². The Kier molecular flexibility index (Phi) is 6.29. The second kappa shape index (κ2) is 9.15. The van der Waals surface area contributed by atoms with Crippen molar-refractivity contribution in [1.82, 2.24) is 15.1 Å². The van der Waals surface area contributed by atoms with E-state index in [0.717, 1.165) is 11.1 Å². The molecule has 174 valence electrons. The first-order valence-electron chi connectivity index (χ1n) is 11.0. The van der Waals surface area contributed by atoms with Crippen molar-refractivity contribution in [2.75, 3.05) is 20.3 Å². The van der Waals surface area contributed by atoms with Crippen LogP contribution in [0.2, 0.25) is 0 Å². The molecule has 1 amide bonds. The van der Waals surface area contributed by atoms with E-state index in [0.29, 0.717) is 47.8 Å². The van der Waals surface area contributed by atoms with Crippen molar-refractivity contribution >= 4 is 5.91 Å². The number of amides is 1. The Balaban J connectivity index is 1.80. The number of hydrogen-bond acceptors (Lipinski definition) is 6. The van der Waals surface area contributed by atoms with Gasteiger partial charge in [0.1, 0.15) is 17.1 Å². The van der Waals surface area contributed by atoms with E-state index in [4.69, 9.17) is 9.47 Å². The average Bonchev–Trinajstić information content (AvgIpc) is 3.32. The van der Waals surface area contributed by atoms with Crippen LogP contribution in [0.4, 0.5) is 0 Å². The third-order valence-corrected chi connectivity index (χ3v) is 5.79. The van der Waals surface area contributed by atoms with Gasteiger partial charge in [-0.05, 0) is 57.0 Å². The van der Waals surface area contributed by atoms with Crippen molar-refractivity contribution in [3.63, 3.8) is 0 Å². The Morgan fingerprint density at radius 3 is 2.64 bits per heavy atom. The van der Waals surface area contributed by atoms with Gasteiger partial charge in [-0.2, -0.15) is 5.10 Å². The minimum absolute atomic E-state index is 0.0198. The second-order valence-corrected chi connectivity index (χ2v) is 8.49. The zero-order chi connectivity index (χ0) is 23.7. The molecule has 0 saturated carbocycles. The molecular formula is C25H29N3O5. The molecule has 0 saturated heterocycles. The third-order valence-electron chi connectivity index (χ3n) is 5.79. The fraction of sp³-hybridized carbons (Fsp3) is 0.360. The van der Waals surface area contributed by atoms with Crippen LogP contribution >= 0.6 is 0 Å². The van der Waals surface area contributed by atoms with E-state index in [9.17, 15) is 15.0 Å². The highest BCUT2D eigenvalue weighted by molar-refractivity contribution is 6.00. The van der Waals surface area contributed by atoms with Crippen molar-refractivity contribution in [3.05, 3.63) is 58.8 Å². The molecule has 2 aromatic carbocycles. The maximum absolute atomic E-state index is 13.4. The highest BCUT2D eigenvalue weighted by atomic mass is 16.5. The lowest BCUT2D eigenvalue weighted by Gasteiger charge is -2.27. The Morgan fingerprint density at radius 2 is 1.91 bits per heavy atom. The van der Waals surface area contributed by atoms with Crippen LogP contribution in [0.25, 0.3) is 11.3 Å². The molecule has 8 nitrogen and oxygen atoms in total. The summed E-state index contributed by atoms with van der Waals surface area (Å²) in [5, 5.41) is 28.0. The number of methoxy groups -OCH3 is 1. The molecular weight excluding hydrogens is 422 g/mol. The van der Waals surface area contributed by atoms with Gasteiger partial charge in [0.05, 0.1) is 19.3 Å². The summed E-state index contributed by atoms with van der Waals surface area (Å²) in [6.07, 6.45) is 0.780. The molecule has 1 atom stereocenters. The Morgan fingerprint density at radius 1 is 1.15 bits per heavy atom. The second-order valence-electron chi connectivity index (χ2n) is 8.49. The lowest BCUT2D eigenvalue weighted by Crippen LogP contribution is -2.31. The molecule has 0 spiro atoms. The van der Waals surface area contributed by atoms with E-state index >= 15 is 0 Å². The lowest BCUT2D eigenvalue weighted by molar-refractivity contribution is 0.0601. The number of nitrogens with zero attached hydrogens (tertiary/aromatic N) is 2. The molecule has 8 heteroatoms. The van der Waals surface area contributed by atoms with Gasteiger partial charge in [-0.15, -0.1) is 0 Å². The number of benzene rings is 2. The number of rotatable bonds is 8. The number of nitrogens with one attached hydrogen (secondary N) is 1. The molecule has 2 heterocycles. The van der Waals surface area contributed by atoms with Crippen molar-refractivity contribution in [2.24, 2.45) is 0 Å². The fourth-order valence-electron chi connectivity index (χ4n) is 4.24. The van der Waals surface area contributed by atoms with E-state index in [2.05, 4.69) is 10.2 Å². The van der Waals surface area contributed by atoms with Gasteiger partial charge in [0.15, 0.2) is 11.5 Å². The SMILES string of the molecule is COc1cc(C2c3c(-c4cc(C)ccc4O)n[nH]c3C(=O)N2CCCOC(C)C)ccc1O. The van der Waals surface area contributed by atoms with Crippen LogP contribution in [-0.2, 0) is 4.74 Å². The molecule has 4 rings (SSSR count). The maximum atomic E-state index is 13.4. The topological polar surface area (TPSA) is 108 Å². The zero-order valence-corrected chi connectivity index (χ0v) is 19.3. The Bertz CT molecular complexity index is 1170. The number of carbonyl (C=O) groups is 1. The van der Waals surface area contributed by atoms with Crippen molar-refractivity contribution in [1.29, 1.82) is 0 Å². The van der Waals surface area contributed by atoms with E-state index in [-0.39, 0.29) is 23.5 Å². The van der Waals surface area contributed by atoms with Gasteiger partial charge in [0.2, 0.25) is 0 Å². The van der Waals surface area contributed by atoms with Gasteiger partial charge < -0.3 is 24.6 Å². The first kappa shape index (κ1) is 22.7. The maximum Gasteiger partial charge on any atom is 0.273 e. The summed E-state index contributed by atoms with van der Waals surface area (Å²) in [6.45, 7) is 6.89. The summed E-state index contributed by atoms with van der Waals surface area (Å²) < 4.78 is 11.0. The summed E-state index contributed by atoms with van der Waals surface area (Å²) >= 11 is 0. The van der Waals surface area contributed by atoms with E-state index in [1.807, 2.05) is 32.9 Å². The van der Waals surface area contributed by atoms with Crippen LogP contribution in [0, 0.1) is 6.92 Å². The predicted octanol–water partition coefficient (Wildman–Crippen LogP) is 4.17. The van der Waals surface area contributed by atoms with E-state index in [1.165, 1.54) is 7.11 Å². The van der Waals surface area contributed by atoms with E-state index < -0.39 is 6.04 Å². The van der Waals surface area contributed by atoms with Crippen molar-refractivity contribution in [3.8, 4) is 28.5 Å². The number of fused-ring (bicyclic) bond motifs is 1. The minimum atomic E-state index is -0.463. The summed E-state index contributed by atoms with van der Waals surface area (Å²) in [6, 6.07) is 9.89. The number of phenols is 2. The van der Waals surface area contributed by atoms with Gasteiger partial charge >= 0.3 is 0 Å². The first-order chi connectivity index (χ1) is 15.8. The van der Waals surface area contributed by atoms with Crippen LogP contribution in [0.3, 0.4) is 0 Å². The molecule has 1 unspecified atom stereocenters. The van der Waals surface area contributed by atoms with Crippen molar-refractivity contribution < 1.29 is 24.5 Å². The van der Waals surface area contributed by atoms with Crippen LogP contribution < -0.4 is 4.74 Å². The number of carbonyl (C=O) groups excluding carboxylic acids is 1. The molecule has 3 aromatic rings. The standard InChI is InChI=1S/C25H29N3O5/c1-14(2)33-11-5-10-28-24(16-7-9-19(30)20(13-16)32-4)21-22(26-27-23(21)25(28)31)17-12-15(3)6-8-18(17)29/h6-9,12-14,24,29-30H,5,10-11H2,1-4H3,(H,26,27). The zero-order valence-electron chi connectivity index (χ0n) is 19.3. The summed E-state index contributed by atoms with van der Waals surface area (Å²) in [7, 11) is 1.49. The smallest absolute Gasteiger partial charge is 0.273 e. The molecule has 1 aliphatic heterocycles. The molecule has 0 aliphatic carbocycles. The van der Waals surface area contributed by atoms with E-state index in [1.54, 1.807) is 29.2 Å². The molecule has 0 radical (unpaired) electrons. The number of phenolic OH excluding ortho intramolecular Hbond substituents is 2. The molecule has 0 bridgehead atoms.